The van der Waals surface area contributed by atoms with Gasteiger partial charge in [-0.05, 0) is 30.3 Å². The maximum absolute atomic E-state index is 10.3. The van der Waals surface area contributed by atoms with Gasteiger partial charge in [0.15, 0.2) is 5.17 Å². The van der Waals surface area contributed by atoms with E-state index in [4.69, 9.17) is 16.6 Å². The fraction of sp³-hybridized carbons (Fsp3) is 0.250. The summed E-state index contributed by atoms with van der Waals surface area (Å²) in [5.41, 5.74) is 1.72. The molecule has 2 atom stereocenters. The van der Waals surface area contributed by atoms with Crippen molar-refractivity contribution in [2.45, 2.75) is 12.1 Å². The topological polar surface area (TPSA) is 48.7 Å². The Bertz CT molecular complexity index is 737. The standard InChI is InChI=1S/C16H14ClN3OS/c17-10-4-5-13(21)11(9-10)15-14(12-3-1-2-6-18-12)19-16-20(15)7-8-22-16/h1-6,9,14-15,21H,7-8H2/t14-,15+/m1/s1. The molecule has 112 valence electrons. The summed E-state index contributed by atoms with van der Waals surface area (Å²) in [6.07, 6.45) is 1.78. The lowest BCUT2D eigenvalue weighted by Crippen LogP contribution is -2.27. The molecule has 3 heterocycles. The third-order valence-electron chi connectivity index (χ3n) is 3.99. The zero-order valence-corrected chi connectivity index (χ0v) is 13.3. The normalized spacial score (nSPS) is 23.5. The van der Waals surface area contributed by atoms with Crippen LogP contribution in [-0.4, -0.2) is 32.5 Å². The van der Waals surface area contributed by atoms with Crippen LogP contribution >= 0.6 is 23.4 Å². The molecule has 0 saturated carbocycles. The predicted molar refractivity (Wildman–Crippen MR) is 89.4 cm³/mol. The first-order chi connectivity index (χ1) is 10.7. The van der Waals surface area contributed by atoms with Gasteiger partial charge < -0.3 is 10.0 Å². The number of hydrogen-bond acceptors (Lipinski definition) is 5. The number of aromatic nitrogens is 1. The molecular weight excluding hydrogens is 318 g/mol. The predicted octanol–water partition coefficient (Wildman–Crippen LogP) is 3.64. The van der Waals surface area contributed by atoms with Crippen molar-refractivity contribution in [1.82, 2.24) is 9.88 Å². The average Bonchev–Trinajstić information content (AvgIpc) is 3.11. The number of aromatic hydroxyl groups is 1. The molecule has 1 aromatic carbocycles. The van der Waals surface area contributed by atoms with Crippen molar-refractivity contribution in [3.05, 3.63) is 58.9 Å². The van der Waals surface area contributed by atoms with Crippen LogP contribution in [0.2, 0.25) is 5.02 Å². The van der Waals surface area contributed by atoms with Crippen molar-refractivity contribution < 1.29 is 5.11 Å². The summed E-state index contributed by atoms with van der Waals surface area (Å²) in [5.74, 6) is 1.27. The molecule has 6 heteroatoms. The zero-order valence-electron chi connectivity index (χ0n) is 11.7. The van der Waals surface area contributed by atoms with Crippen molar-refractivity contribution in [1.29, 1.82) is 0 Å². The molecule has 0 radical (unpaired) electrons. The molecule has 1 N–H and O–H groups in total. The largest absolute Gasteiger partial charge is 0.508 e. The first-order valence-electron chi connectivity index (χ1n) is 7.10. The highest BCUT2D eigenvalue weighted by molar-refractivity contribution is 8.14. The van der Waals surface area contributed by atoms with E-state index in [1.165, 1.54) is 0 Å². The summed E-state index contributed by atoms with van der Waals surface area (Å²) in [4.78, 5) is 11.5. The Morgan fingerprint density at radius 2 is 2.18 bits per heavy atom. The van der Waals surface area contributed by atoms with E-state index in [1.54, 1.807) is 30.1 Å². The number of rotatable bonds is 2. The maximum atomic E-state index is 10.3. The molecule has 2 aromatic rings. The van der Waals surface area contributed by atoms with Crippen LogP contribution in [0.4, 0.5) is 0 Å². The fourth-order valence-corrected chi connectivity index (χ4v) is 4.23. The summed E-state index contributed by atoms with van der Waals surface area (Å²) in [5, 5.41) is 12.0. The van der Waals surface area contributed by atoms with E-state index < -0.39 is 0 Å². The molecule has 0 unspecified atom stereocenters. The molecule has 1 aromatic heterocycles. The zero-order chi connectivity index (χ0) is 15.1. The Hall–Kier alpha value is -1.72. The van der Waals surface area contributed by atoms with Gasteiger partial charge in [-0.2, -0.15) is 0 Å². The van der Waals surface area contributed by atoms with Gasteiger partial charge in [0.2, 0.25) is 0 Å². The van der Waals surface area contributed by atoms with E-state index in [0.29, 0.717) is 5.02 Å². The number of phenols is 1. The molecule has 1 saturated heterocycles. The minimum Gasteiger partial charge on any atom is -0.508 e. The Morgan fingerprint density at radius 1 is 1.27 bits per heavy atom. The second-order valence-electron chi connectivity index (χ2n) is 5.30. The number of halogens is 1. The third kappa shape index (κ3) is 2.25. The molecule has 0 aliphatic carbocycles. The van der Waals surface area contributed by atoms with Crippen LogP contribution in [-0.2, 0) is 0 Å². The number of hydrogen-bond donors (Lipinski definition) is 1. The van der Waals surface area contributed by atoms with Crippen molar-refractivity contribution in [3.8, 4) is 5.75 Å². The first-order valence-corrected chi connectivity index (χ1v) is 8.47. The van der Waals surface area contributed by atoms with Gasteiger partial charge in [-0.25, -0.2) is 0 Å². The number of aliphatic imine (C=N–C) groups is 1. The van der Waals surface area contributed by atoms with Gasteiger partial charge in [-0.1, -0.05) is 29.4 Å². The van der Waals surface area contributed by atoms with Crippen molar-refractivity contribution in [3.63, 3.8) is 0 Å². The Balaban J connectivity index is 1.82. The average molecular weight is 332 g/mol. The summed E-state index contributed by atoms with van der Waals surface area (Å²) in [7, 11) is 0. The maximum Gasteiger partial charge on any atom is 0.160 e. The van der Waals surface area contributed by atoms with Gasteiger partial charge in [-0.15, -0.1) is 0 Å². The lowest BCUT2D eigenvalue weighted by atomic mass is 9.96. The van der Waals surface area contributed by atoms with Crippen LogP contribution in [0.5, 0.6) is 5.75 Å². The van der Waals surface area contributed by atoms with Crippen LogP contribution in [0, 0.1) is 0 Å². The molecule has 1 fully saturated rings. The van der Waals surface area contributed by atoms with Crippen LogP contribution in [0.1, 0.15) is 23.3 Å². The molecule has 0 bridgehead atoms. The lowest BCUT2D eigenvalue weighted by Gasteiger charge is -2.27. The van der Waals surface area contributed by atoms with E-state index in [9.17, 15) is 5.11 Å². The fourth-order valence-electron chi connectivity index (χ4n) is 3.02. The molecular formula is C16H14ClN3OS. The second-order valence-corrected chi connectivity index (χ2v) is 6.80. The van der Waals surface area contributed by atoms with E-state index >= 15 is 0 Å². The highest BCUT2D eigenvalue weighted by Crippen LogP contribution is 2.48. The monoisotopic (exact) mass is 331 g/mol. The van der Waals surface area contributed by atoms with Gasteiger partial charge in [0.1, 0.15) is 11.8 Å². The summed E-state index contributed by atoms with van der Waals surface area (Å²) >= 11 is 7.90. The van der Waals surface area contributed by atoms with E-state index in [-0.39, 0.29) is 17.8 Å². The number of phenolic OH excluding ortho intramolecular Hbond substituents is 1. The number of pyridine rings is 1. The molecule has 2 aliphatic rings. The molecule has 2 aliphatic heterocycles. The van der Waals surface area contributed by atoms with E-state index in [0.717, 1.165) is 28.7 Å². The molecule has 4 nitrogen and oxygen atoms in total. The highest BCUT2D eigenvalue weighted by Gasteiger charge is 2.42. The van der Waals surface area contributed by atoms with Gasteiger partial charge in [0.25, 0.3) is 0 Å². The summed E-state index contributed by atoms with van der Waals surface area (Å²) in [6.45, 7) is 0.920. The van der Waals surface area contributed by atoms with Crippen molar-refractivity contribution in [2.24, 2.45) is 4.99 Å². The molecule has 22 heavy (non-hydrogen) atoms. The Kier molecular flexibility index (Phi) is 3.47. The summed E-state index contributed by atoms with van der Waals surface area (Å²) < 4.78 is 0. The highest BCUT2D eigenvalue weighted by atomic mass is 35.5. The Labute approximate surface area is 137 Å². The second kappa shape index (κ2) is 5.48. The minimum absolute atomic E-state index is 0.0569. The van der Waals surface area contributed by atoms with Crippen LogP contribution in [0.3, 0.4) is 0 Å². The van der Waals surface area contributed by atoms with Crippen LogP contribution in [0.25, 0.3) is 0 Å². The molecule has 0 amide bonds. The van der Waals surface area contributed by atoms with Crippen molar-refractivity contribution >= 4 is 28.5 Å². The van der Waals surface area contributed by atoms with Crippen LogP contribution in [0.15, 0.2) is 47.6 Å². The number of nitrogens with zero attached hydrogens (tertiary/aromatic N) is 3. The lowest BCUT2D eigenvalue weighted by molar-refractivity contribution is 0.321. The Morgan fingerprint density at radius 3 is 3.00 bits per heavy atom. The quantitative estimate of drug-likeness (QED) is 0.912. The molecule has 0 spiro atoms. The van der Waals surface area contributed by atoms with Gasteiger partial charge in [-0.3, -0.25) is 9.98 Å². The SMILES string of the molecule is Oc1ccc(Cl)cc1[C@H]1[C@@H](c2ccccn2)N=C2SCCN21. The van der Waals surface area contributed by atoms with Crippen molar-refractivity contribution in [2.75, 3.05) is 12.3 Å². The van der Waals surface area contributed by atoms with Gasteiger partial charge in [0, 0.05) is 29.1 Å². The smallest absolute Gasteiger partial charge is 0.160 e. The van der Waals surface area contributed by atoms with Gasteiger partial charge >= 0.3 is 0 Å². The summed E-state index contributed by atoms with van der Waals surface area (Å²) in [6, 6.07) is 10.9. The number of amidine groups is 1. The third-order valence-corrected chi connectivity index (χ3v) is 5.21. The number of thioether (sulfide) groups is 1. The van der Waals surface area contributed by atoms with Gasteiger partial charge in [0.05, 0.1) is 11.7 Å². The van der Waals surface area contributed by atoms with E-state index in [1.807, 2.05) is 24.3 Å². The molecule has 4 rings (SSSR count). The van der Waals surface area contributed by atoms with Crippen LogP contribution < -0.4 is 0 Å². The first kappa shape index (κ1) is 13.9. The minimum atomic E-state index is -0.117. The number of benzene rings is 1. The van der Waals surface area contributed by atoms with E-state index in [2.05, 4.69) is 9.88 Å². The number of fused-ring (bicyclic) bond motifs is 1.